The van der Waals surface area contributed by atoms with Crippen LogP contribution in [0, 0.1) is 0 Å². The molecule has 0 spiro atoms. The van der Waals surface area contributed by atoms with Crippen LogP contribution in [0.1, 0.15) is 31.7 Å². The van der Waals surface area contributed by atoms with Crippen molar-refractivity contribution in [2.24, 2.45) is 0 Å². The Balaban J connectivity index is 2.55. The van der Waals surface area contributed by atoms with E-state index in [1.165, 1.54) is 18.0 Å². The molecule has 0 radical (unpaired) electrons. The molecule has 1 heterocycles. The summed E-state index contributed by atoms with van der Waals surface area (Å²) < 4.78 is 0. The van der Waals surface area contributed by atoms with Gasteiger partial charge in [-0.1, -0.05) is 30.1 Å². The molecular formula is C14H15Cl2NO3. The lowest BCUT2D eigenvalue weighted by molar-refractivity contribution is -0.141. The number of aliphatic hydroxyl groups is 1. The van der Waals surface area contributed by atoms with E-state index in [2.05, 4.69) is 0 Å². The van der Waals surface area contributed by atoms with Gasteiger partial charge in [0.25, 0.3) is 5.91 Å². The molecule has 1 aliphatic heterocycles. The van der Waals surface area contributed by atoms with E-state index < -0.39 is 11.5 Å². The summed E-state index contributed by atoms with van der Waals surface area (Å²) in [6, 6.07) is 3.08. The van der Waals surface area contributed by atoms with E-state index >= 15 is 0 Å². The van der Waals surface area contributed by atoms with Crippen molar-refractivity contribution in [1.29, 1.82) is 0 Å². The van der Waals surface area contributed by atoms with Gasteiger partial charge in [0.15, 0.2) is 5.60 Å². The summed E-state index contributed by atoms with van der Waals surface area (Å²) in [5.74, 6) is -0.757. The first kappa shape index (κ1) is 15.3. The van der Waals surface area contributed by atoms with E-state index in [4.69, 9.17) is 23.2 Å². The van der Waals surface area contributed by atoms with Crippen molar-refractivity contribution < 1.29 is 14.7 Å². The van der Waals surface area contributed by atoms with Crippen molar-refractivity contribution in [2.75, 3.05) is 11.9 Å². The molecule has 1 atom stereocenters. The van der Waals surface area contributed by atoms with Gasteiger partial charge in [-0.05, 0) is 18.6 Å². The van der Waals surface area contributed by atoms with Gasteiger partial charge in [0, 0.05) is 30.5 Å². The van der Waals surface area contributed by atoms with Gasteiger partial charge in [-0.25, -0.2) is 0 Å². The number of fused-ring (bicyclic) bond motifs is 1. The summed E-state index contributed by atoms with van der Waals surface area (Å²) in [4.78, 5) is 25.4. The fourth-order valence-corrected chi connectivity index (χ4v) is 3.16. The lowest BCUT2D eigenvalue weighted by atomic mass is 9.89. The van der Waals surface area contributed by atoms with Crippen LogP contribution in [-0.4, -0.2) is 23.8 Å². The highest BCUT2D eigenvalue weighted by atomic mass is 35.5. The number of amides is 1. The van der Waals surface area contributed by atoms with Gasteiger partial charge >= 0.3 is 0 Å². The average molecular weight is 316 g/mol. The molecule has 0 fully saturated rings. The Morgan fingerprint density at radius 3 is 2.55 bits per heavy atom. The highest BCUT2D eigenvalue weighted by Gasteiger charge is 2.51. The van der Waals surface area contributed by atoms with E-state index in [0.717, 1.165) is 0 Å². The molecule has 0 bridgehead atoms. The topological polar surface area (TPSA) is 57.6 Å². The van der Waals surface area contributed by atoms with Crippen molar-refractivity contribution in [3.63, 3.8) is 0 Å². The first-order valence-corrected chi connectivity index (χ1v) is 7.09. The van der Waals surface area contributed by atoms with Gasteiger partial charge in [0.05, 0.1) is 10.7 Å². The van der Waals surface area contributed by atoms with Crippen LogP contribution < -0.4 is 4.90 Å². The standard InChI is InChI=1S/C14H15Cl2NO3/c1-3-4-8(18)7-14(20)11-9(15)5-6-10(16)12(11)17(2)13(14)19/h5-6,20H,3-4,7H2,1-2H3. The SMILES string of the molecule is CCCC(=O)CC1(O)C(=O)N(C)c2c(Cl)ccc(Cl)c21. The number of hydrogen-bond acceptors (Lipinski definition) is 3. The molecule has 0 aromatic heterocycles. The molecular weight excluding hydrogens is 301 g/mol. The average Bonchev–Trinajstić information content (AvgIpc) is 2.57. The van der Waals surface area contributed by atoms with Crippen LogP contribution in [-0.2, 0) is 15.2 Å². The zero-order valence-corrected chi connectivity index (χ0v) is 12.8. The third-order valence-corrected chi connectivity index (χ3v) is 4.09. The number of carbonyl (C=O) groups excluding carboxylic acids is 2. The summed E-state index contributed by atoms with van der Waals surface area (Å²) in [6.45, 7) is 1.86. The maximum absolute atomic E-state index is 12.3. The smallest absolute Gasteiger partial charge is 0.263 e. The minimum Gasteiger partial charge on any atom is -0.375 e. The number of anilines is 1. The molecule has 6 heteroatoms. The largest absolute Gasteiger partial charge is 0.375 e. The second-order valence-corrected chi connectivity index (χ2v) is 5.76. The Morgan fingerprint density at radius 2 is 1.95 bits per heavy atom. The maximum Gasteiger partial charge on any atom is 0.263 e. The van der Waals surface area contributed by atoms with Gasteiger partial charge in [0.2, 0.25) is 0 Å². The van der Waals surface area contributed by atoms with Gasteiger partial charge in [-0.2, -0.15) is 0 Å². The molecule has 0 saturated carbocycles. The summed E-state index contributed by atoms with van der Waals surface area (Å²) >= 11 is 12.2. The highest BCUT2D eigenvalue weighted by molar-refractivity contribution is 6.38. The quantitative estimate of drug-likeness (QED) is 0.929. The number of likely N-dealkylation sites (N-methyl/N-ethyl adjacent to an activating group) is 1. The van der Waals surface area contributed by atoms with Crippen molar-refractivity contribution >= 4 is 40.6 Å². The van der Waals surface area contributed by atoms with E-state index in [9.17, 15) is 14.7 Å². The summed E-state index contributed by atoms with van der Waals surface area (Å²) in [5.41, 5.74) is -1.32. The van der Waals surface area contributed by atoms with Gasteiger partial charge < -0.3 is 10.0 Å². The fourth-order valence-electron chi connectivity index (χ4n) is 2.56. The third-order valence-electron chi connectivity index (χ3n) is 3.47. The number of Topliss-reactive ketones (excluding diaryl/α,β-unsaturated/α-hetero) is 1. The molecule has 4 nitrogen and oxygen atoms in total. The number of hydrogen-bond donors (Lipinski definition) is 1. The molecule has 0 saturated heterocycles. The maximum atomic E-state index is 12.3. The van der Waals surface area contributed by atoms with Crippen LogP contribution in [0.4, 0.5) is 5.69 Å². The van der Waals surface area contributed by atoms with Crippen LogP contribution >= 0.6 is 23.2 Å². The normalized spacial score (nSPS) is 21.2. The summed E-state index contributed by atoms with van der Waals surface area (Å²) in [7, 11) is 1.51. The van der Waals surface area contributed by atoms with Crippen molar-refractivity contribution in [3.8, 4) is 0 Å². The predicted molar refractivity (Wildman–Crippen MR) is 78.3 cm³/mol. The zero-order valence-electron chi connectivity index (χ0n) is 11.2. The molecule has 1 aromatic carbocycles. The second kappa shape index (κ2) is 5.35. The van der Waals surface area contributed by atoms with E-state index in [1.54, 1.807) is 6.07 Å². The summed E-state index contributed by atoms with van der Waals surface area (Å²) in [5, 5.41) is 11.3. The monoisotopic (exact) mass is 315 g/mol. The number of benzene rings is 1. The molecule has 1 unspecified atom stereocenters. The van der Waals surface area contributed by atoms with Crippen LogP contribution in [0.25, 0.3) is 0 Å². The Hall–Kier alpha value is -1.10. The second-order valence-electron chi connectivity index (χ2n) is 4.94. The minimum atomic E-state index is -1.92. The molecule has 1 N–H and O–H groups in total. The third kappa shape index (κ3) is 2.22. The van der Waals surface area contributed by atoms with Crippen molar-refractivity contribution in [2.45, 2.75) is 31.8 Å². The van der Waals surface area contributed by atoms with Gasteiger partial charge in [0.1, 0.15) is 5.78 Å². The molecule has 1 aliphatic rings. The first-order valence-electron chi connectivity index (χ1n) is 6.33. The lowest BCUT2D eigenvalue weighted by Gasteiger charge is -2.21. The Kier molecular flexibility index (Phi) is 4.09. The number of rotatable bonds is 4. The molecule has 1 amide bonds. The van der Waals surface area contributed by atoms with Gasteiger partial charge in [-0.3, -0.25) is 9.59 Å². The highest BCUT2D eigenvalue weighted by Crippen LogP contribution is 2.48. The van der Waals surface area contributed by atoms with Gasteiger partial charge in [-0.15, -0.1) is 0 Å². The number of halogens is 2. The minimum absolute atomic E-state index is 0.180. The Bertz CT molecular complexity index is 588. The number of carbonyl (C=O) groups is 2. The lowest BCUT2D eigenvalue weighted by Crippen LogP contribution is -2.40. The van der Waals surface area contributed by atoms with E-state index in [-0.39, 0.29) is 22.8 Å². The zero-order chi connectivity index (χ0) is 15.1. The first-order chi connectivity index (χ1) is 9.32. The van der Waals surface area contributed by atoms with Crippen molar-refractivity contribution in [1.82, 2.24) is 0 Å². The predicted octanol–water partition coefficient (Wildman–Crippen LogP) is 2.92. The molecule has 108 valence electrons. The van der Waals surface area contributed by atoms with E-state index in [1.807, 2.05) is 6.92 Å². The van der Waals surface area contributed by atoms with E-state index in [0.29, 0.717) is 23.6 Å². The fraction of sp³-hybridized carbons (Fsp3) is 0.429. The Morgan fingerprint density at radius 1 is 1.35 bits per heavy atom. The number of ketones is 1. The van der Waals surface area contributed by atoms with Crippen molar-refractivity contribution in [3.05, 3.63) is 27.7 Å². The molecule has 2 rings (SSSR count). The Labute approximate surface area is 127 Å². The molecule has 0 aliphatic carbocycles. The van der Waals surface area contributed by atoms with Crippen LogP contribution in [0.5, 0.6) is 0 Å². The van der Waals surface area contributed by atoms with Crippen LogP contribution in [0.15, 0.2) is 12.1 Å². The molecule has 1 aromatic rings. The number of nitrogens with zero attached hydrogens (tertiary/aromatic N) is 1. The van der Waals surface area contributed by atoms with Crippen LogP contribution in [0.3, 0.4) is 0 Å². The summed E-state index contributed by atoms with van der Waals surface area (Å²) in [6.07, 6.45) is 0.693. The van der Waals surface area contributed by atoms with Crippen LogP contribution in [0.2, 0.25) is 10.0 Å². The molecule has 20 heavy (non-hydrogen) atoms.